The Morgan fingerprint density at radius 3 is 2.60 bits per heavy atom. The summed E-state index contributed by atoms with van der Waals surface area (Å²) < 4.78 is 0. The molecule has 2 aliphatic carbocycles. The number of primary amides is 1. The van der Waals surface area contributed by atoms with Crippen LogP contribution in [-0.4, -0.2) is 28.5 Å². The molecular formula is C14H19ClN4O. The van der Waals surface area contributed by atoms with E-state index in [1.807, 2.05) is 4.90 Å². The van der Waals surface area contributed by atoms with Crippen LogP contribution in [0.1, 0.15) is 50.3 Å². The smallest absolute Gasteiger partial charge is 0.237 e. The number of amides is 1. The van der Waals surface area contributed by atoms with Gasteiger partial charge in [0.25, 0.3) is 0 Å². The van der Waals surface area contributed by atoms with E-state index >= 15 is 0 Å². The van der Waals surface area contributed by atoms with Gasteiger partial charge in [-0.2, -0.15) is 0 Å². The van der Waals surface area contributed by atoms with Crippen LogP contribution in [0, 0.1) is 0 Å². The normalized spacial score (nSPS) is 19.2. The first-order valence-corrected chi connectivity index (χ1v) is 7.60. The lowest BCUT2D eigenvalue weighted by atomic mass is 10.2. The molecule has 6 heteroatoms. The Morgan fingerprint density at radius 1 is 1.30 bits per heavy atom. The molecule has 1 amide bonds. The fourth-order valence-corrected chi connectivity index (χ4v) is 3.06. The number of aromatic nitrogens is 2. The van der Waals surface area contributed by atoms with E-state index in [9.17, 15) is 4.79 Å². The molecule has 0 aromatic carbocycles. The summed E-state index contributed by atoms with van der Waals surface area (Å²) in [7, 11) is 0. The summed E-state index contributed by atoms with van der Waals surface area (Å²) in [4.78, 5) is 22.3. The molecule has 1 aromatic rings. The van der Waals surface area contributed by atoms with Crippen molar-refractivity contribution in [2.24, 2.45) is 5.73 Å². The highest BCUT2D eigenvalue weighted by Crippen LogP contribution is 2.39. The molecule has 5 nitrogen and oxygen atoms in total. The molecule has 1 aromatic heterocycles. The molecule has 108 valence electrons. The second kappa shape index (κ2) is 5.56. The predicted octanol–water partition coefficient (Wildman–Crippen LogP) is 2.24. The summed E-state index contributed by atoms with van der Waals surface area (Å²) in [6.07, 6.45) is 6.78. The largest absolute Gasteiger partial charge is 0.368 e. The van der Waals surface area contributed by atoms with Gasteiger partial charge in [-0.1, -0.05) is 24.4 Å². The number of anilines is 1. The van der Waals surface area contributed by atoms with Crippen LogP contribution in [0.15, 0.2) is 6.07 Å². The summed E-state index contributed by atoms with van der Waals surface area (Å²) >= 11 is 6.12. The average Bonchev–Trinajstić information content (AvgIpc) is 3.11. The summed E-state index contributed by atoms with van der Waals surface area (Å²) in [5, 5.41) is 0.448. The van der Waals surface area contributed by atoms with Gasteiger partial charge in [0.1, 0.15) is 16.8 Å². The first-order chi connectivity index (χ1) is 9.63. The maximum absolute atomic E-state index is 11.4. The van der Waals surface area contributed by atoms with Crippen LogP contribution in [0.25, 0.3) is 0 Å². The van der Waals surface area contributed by atoms with Gasteiger partial charge < -0.3 is 10.6 Å². The van der Waals surface area contributed by atoms with Gasteiger partial charge in [-0.15, -0.1) is 0 Å². The minimum atomic E-state index is -0.334. The third kappa shape index (κ3) is 3.03. The van der Waals surface area contributed by atoms with Crippen molar-refractivity contribution < 1.29 is 4.79 Å². The number of halogens is 1. The van der Waals surface area contributed by atoms with E-state index in [1.54, 1.807) is 6.07 Å². The Labute approximate surface area is 123 Å². The lowest BCUT2D eigenvalue weighted by molar-refractivity contribution is -0.116. The van der Waals surface area contributed by atoms with Crippen LogP contribution in [0.3, 0.4) is 0 Å². The van der Waals surface area contributed by atoms with Crippen LogP contribution in [0.4, 0.5) is 5.82 Å². The van der Waals surface area contributed by atoms with E-state index in [-0.39, 0.29) is 12.5 Å². The highest BCUT2D eigenvalue weighted by atomic mass is 35.5. The van der Waals surface area contributed by atoms with E-state index in [2.05, 4.69) is 9.97 Å². The highest BCUT2D eigenvalue weighted by Gasteiger charge is 2.30. The average molecular weight is 295 g/mol. The molecule has 0 spiro atoms. The van der Waals surface area contributed by atoms with Crippen LogP contribution >= 0.6 is 11.6 Å². The number of rotatable bonds is 5. The second-order valence-electron chi connectivity index (χ2n) is 5.71. The Hall–Kier alpha value is -1.36. The van der Waals surface area contributed by atoms with Crippen molar-refractivity contribution in [3.05, 3.63) is 17.0 Å². The molecule has 0 saturated heterocycles. The van der Waals surface area contributed by atoms with Gasteiger partial charge in [0.05, 0.1) is 6.54 Å². The lowest BCUT2D eigenvalue weighted by Crippen LogP contribution is -2.40. The maximum Gasteiger partial charge on any atom is 0.237 e. The van der Waals surface area contributed by atoms with Gasteiger partial charge >= 0.3 is 0 Å². The van der Waals surface area contributed by atoms with Gasteiger partial charge in [-0.25, -0.2) is 9.97 Å². The van der Waals surface area contributed by atoms with E-state index in [0.717, 1.165) is 37.3 Å². The molecule has 0 aliphatic heterocycles. The number of hydrogen-bond acceptors (Lipinski definition) is 4. The molecule has 0 bridgehead atoms. The molecule has 1 heterocycles. The van der Waals surface area contributed by atoms with Gasteiger partial charge in [0.15, 0.2) is 0 Å². The number of nitrogens with two attached hydrogens (primary N) is 1. The summed E-state index contributed by atoms with van der Waals surface area (Å²) in [6.45, 7) is 0.197. The fraction of sp³-hybridized carbons (Fsp3) is 0.643. The number of carbonyl (C=O) groups excluding carboxylic acids is 1. The molecule has 0 atom stereocenters. The SMILES string of the molecule is NC(=O)CN(c1cc(Cl)nc(C2CC2)n1)C1CCCC1. The highest BCUT2D eigenvalue weighted by molar-refractivity contribution is 6.29. The maximum atomic E-state index is 11.4. The monoisotopic (exact) mass is 294 g/mol. The zero-order valence-corrected chi connectivity index (χ0v) is 12.1. The van der Waals surface area contributed by atoms with Crippen LogP contribution in [0.5, 0.6) is 0 Å². The van der Waals surface area contributed by atoms with Crippen molar-refractivity contribution >= 4 is 23.3 Å². The molecule has 2 N–H and O–H groups in total. The third-order valence-corrected chi connectivity index (χ3v) is 4.22. The Bertz CT molecular complexity index is 512. The summed E-state index contributed by atoms with van der Waals surface area (Å²) in [5.74, 6) is 1.66. The van der Waals surface area contributed by atoms with Crippen molar-refractivity contribution in [2.75, 3.05) is 11.4 Å². The third-order valence-electron chi connectivity index (χ3n) is 4.03. The van der Waals surface area contributed by atoms with E-state index in [4.69, 9.17) is 17.3 Å². The second-order valence-corrected chi connectivity index (χ2v) is 6.10. The quantitative estimate of drug-likeness (QED) is 0.845. The first kappa shape index (κ1) is 13.6. The van der Waals surface area contributed by atoms with Crippen molar-refractivity contribution in [3.63, 3.8) is 0 Å². The van der Waals surface area contributed by atoms with Gasteiger partial charge in [0.2, 0.25) is 5.91 Å². The van der Waals surface area contributed by atoms with Gasteiger partial charge in [-0.3, -0.25) is 4.79 Å². The zero-order chi connectivity index (χ0) is 14.1. The van der Waals surface area contributed by atoms with Crippen molar-refractivity contribution in [1.29, 1.82) is 0 Å². The molecule has 2 aliphatic rings. The molecule has 0 radical (unpaired) electrons. The topological polar surface area (TPSA) is 72.1 Å². The van der Waals surface area contributed by atoms with Crippen LogP contribution in [0.2, 0.25) is 5.15 Å². The van der Waals surface area contributed by atoms with E-state index < -0.39 is 0 Å². The van der Waals surface area contributed by atoms with Crippen LogP contribution < -0.4 is 10.6 Å². The lowest BCUT2D eigenvalue weighted by Gasteiger charge is -2.29. The Balaban J connectivity index is 1.90. The molecule has 0 unspecified atom stereocenters. The Kier molecular flexibility index (Phi) is 3.78. The minimum absolute atomic E-state index is 0.197. The molecule has 2 saturated carbocycles. The Morgan fingerprint density at radius 2 is 2.00 bits per heavy atom. The number of carbonyl (C=O) groups is 1. The summed E-state index contributed by atoms with van der Waals surface area (Å²) in [5.41, 5.74) is 5.39. The fourth-order valence-electron chi connectivity index (χ4n) is 2.88. The minimum Gasteiger partial charge on any atom is -0.368 e. The van der Waals surface area contributed by atoms with Gasteiger partial charge in [0, 0.05) is 18.0 Å². The number of nitrogens with zero attached hydrogens (tertiary/aromatic N) is 3. The van der Waals surface area contributed by atoms with Crippen molar-refractivity contribution in [3.8, 4) is 0 Å². The summed E-state index contributed by atoms with van der Waals surface area (Å²) in [6, 6.07) is 2.08. The standard InChI is InChI=1S/C14H19ClN4O/c15-11-7-13(18-14(17-11)9-5-6-9)19(8-12(16)20)10-3-1-2-4-10/h7,9-10H,1-6,8H2,(H2,16,20). The molecular weight excluding hydrogens is 276 g/mol. The van der Waals surface area contributed by atoms with Crippen molar-refractivity contribution in [2.45, 2.75) is 50.5 Å². The first-order valence-electron chi connectivity index (χ1n) is 7.23. The number of hydrogen-bond donors (Lipinski definition) is 1. The van der Waals surface area contributed by atoms with Crippen LogP contribution in [-0.2, 0) is 4.79 Å². The van der Waals surface area contributed by atoms with Gasteiger partial charge in [-0.05, 0) is 25.7 Å². The predicted molar refractivity (Wildman–Crippen MR) is 77.8 cm³/mol. The van der Waals surface area contributed by atoms with E-state index in [0.29, 0.717) is 17.1 Å². The molecule has 3 rings (SSSR count). The van der Waals surface area contributed by atoms with E-state index in [1.165, 1.54) is 12.8 Å². The van der Waals surface area contributed by atoms with Crippen molar-refractivity contribution in [1.82, 2.24) is 9.97 Å². The molecule has 2 fully saturated rings. The molecule has 20 heavy (non-hydrogen) atoms. The zero-order valence-electron chi connectivity index (χ0n) is 11.4.